The van der Waals surface area contributed by atoms with E-state index in [0.29, 0.717) is 24.3 Å². The Labute approximate surface area is 151 Å². The van der Waals surface area contributed by atoms with Gasteiger partial charge in [-0.05, 0) is 37.7 Å². The van der Waals surface area contributed by atoms with E-state index in [4.69, 9.17) is 5.11 Å². The topological polar surface area (TPSA) is 91.0 Å². The molecule has 8 nitrogen and oxygen atoms in total. The Morgan fingerprint density at radius 2 is 1.88 bits per heavy atom. The quantitative estimate of drug-likeness (QED) is 0.895. The number of carbonyl (C=O) groups excluding carboxylic acids is 1. The number of amides is 1. The molecule has 2 fully saturated rings. The van der Waals surface area contributed by atoms with Crippen LogP contribution in [0.4, 0.5) is 5.82 Å². The minimum absolute atomic E-state index is 0.0696. The molecule has 0 atom stereocenters. The van der Waals surface area contributed by atoms with Crippen molar-refractivity contribution in [3.8, 4) is 0 Å². The standard InChI is InChI=1S/C18H23N5O3/c24-16(25)11-13-3-8-22(9-4-13)18(26)14-12-19-23-10-5-15(20-17(14)23)21-6-1-2-7-21/h5,10,12-13H,1-4,6-9,11H2,(H,24,25). The molecule has 0 radical (unpaired) electrons. The number of carboxylic acid groups (broad SMARTS) is 1. The zero-order valence-electron chi connectivity index (χ0n) is 14.7. The van der Waals surface area contributed by atoms with Gasteiger partial charge in [0.25, 0.3) is 5.91 Å². The first-order valence-electron chi connectivity index (χ1n) is 9.22. The Kier molecular flexibility index (Phi) is 4.48. The van der Waals surface area contributed by atoms with Crippen LogP contribution >= 0.6 is 0 Å². The summed E-state index contributed by atoms with van der Waals surface area (Å²) in [5.74, 6) is 0.209. The maximum Gasteiger partial charge on any atom is 0.303 e. The minimum atomic E-state index is -0.768. The molecule has 0 spiro atoms. The first-order valence-corrected chi connectivity index (χ1v) is 9.22. The van der Waals surface area contributed by atoms with Crippen LogP contribution in [0.25, 0.3) is 5.65 Å². The molecule has 2 aliphatic rings. The molecule has 2 aromatic heterocycles. The summed E-state index contributed by atoms with van der Waals surface area (Å²) < 4.78 is 1.64. The molecule has 1 amide bonds. The largest absolute Gasteiger partial charge is 0.481 e. The number of piperidine rings is 1. The molecule has 2 aromatic rings. The molecule has 4 heterocycles. The predicted molar refractivity (Wildman–Crippen MR) is 95.3 cm³/mol. The minimum Gasteiger partial charge on any atom is -0.481 e. The van der Waals surface area contributed by atoms with Crippen molar-refractivity contribution >= 4 is 23.3 Å². The number of aromatic nitrogens is 3. The van der Waals surface area contributed by atoms with Gasteiger partial charge in [-0.15, -0.1) is 0 Å². The van der Waals surface area contributed by atoms with E-state index in [1.807, 2.05) is 12.3 Å². The fourth-order valence-electron chi connectivity index (χ4n) is 3.89. The Bertz CT molecular complexity index is 819. The van der Waals surface area contributed by atoms with Crippen molar-refractivity contribution in [1.82, 2.24) is 19.5 Å². The van der Waals surface area contributed by atoms with Crippen LogP contribution in [0.15, 0.2) is 18.5 Å². The average Bonchev–Trinajstić information content (AvgIpc) is 3.30. The molecule has 0 aliphatic carbocycles. The fourth-order valence-corrected chi connectivity index (χ4v) is 3.89. The molecule has 26 heavy (non-hydrogen) atoms. The maximum atomic E-state index is 12.9. The number of aliphatic carboxylic acids is 1. The van der Waals surface area contributed by atoms with Gasteiger partial charge in [0.05, 0.1) is 6.20 Å². The van der Waals surface area contributed by atoms with Crippen molar-refractivity contribution in [3.63, 3.8) is 0 Å². The molecule has 2 saturated heterocycles. The third-order valence-electron chi connectivity index (χ3n) is 5.38. The summed E-state index contributed by atoms with van der Waals surface area (Å²) in [7, 11) is 0. The van der Waals surface area contributed by atoms with Crippen molar-refractivity contribution in [2.75, 3.05) is 31.1 Å². The molecule has 2 aliphatic heterocycles. The van der Waals surface area contributed by atoms with Gasteiger partial charge in [0.15, 0.2) is 5.65 Å². The smallest absolute Gasteiger partial charge is 0.303 e. The van der Waals surface area contributed by atoms with Gasteiger partial charge in [0.1, 0.15) is 11.4 Å². The summed E-state index contributed by atoms with van der Waals surface area (Å²) in [5.41, 5.74) is 1.11. The highest BCUT2D eigenvalue weighted by molar-refractivity contribution is 5.99. The number of anilines is 1. The Hall–Kier alpha value is -2.64. The van der Waals surface area contributed by atoms with E-state index >= 15 is 0 Å². The number of hydrogen-bond donors (Lipinski definition) is 1. The number of carbonyl (C=O) groups is 2. The van der Waals surface area contributed by atoms with Gasteiger partial charge in [-0.3, -0.25) is 9.59 Å². The highest BCUT2D eigenvalue weighted by atomic mass is 16.4. The zero-order valence-corrected chi connectivity index (χ0v) is 14.7. The first-order chi connectivity index (χ1) is 12.6. The van der Waals surface area contributed by atoms with Crippen LogP contribution in [0, 0.1) is 5.92 Å². The van der Waals surface area contributed by atoms with E-state index in [-0.39, 0.29) is 18.2 Å². The van der Waals surface area contributed by atoms with Crippen LogP contribution in [0.2, 0.25) is 0 Å². The maximum absolute atomic E-state index is 12.9. The Morgan fingerprint density at radius 3 is 2.58 bits per heavy atom. The van der Waals surface area contributed by atoms with Gasteiger partial charge >= 0.3 is 5.97 Å². The molecule has 4 rings (SSSR count). The van der Waals surface area contributed by atoms with Crippen LogP contribution in [0.1, 0.15) is 42.5 Å². The molecular weight excluding hydrogens is 334 g/mol. The number of likely N-dealkylation sites (tertiary alicyclic amines) is 1. The lowest BCUT2D eigenvalue weighted by atomic mass is 9.93. The van der Waals surface area contributed by atoms with Crippen LogP contribution < -0.4 is 4.90 Å². The van der Waals surface area contributed by atoms with Crippen LogP contribution in [-0.2, 0) is 4.79 Å². The summed E-state index contributed by atoms with van der Waals surface area (Å²) >= 11 is 0. The molecule has 8 heteroatoms. The lowest BCUT2D eigenvalue weighted by molar-refractivity contribution is -0.138. The molecule has 0 aromatic carbocycles. The van der Waals surface area contributed by atoms with Gasteiger partial charge in [0, 0.05) is 38.8 Å². The van der Waals surface area contributed by atoms with Crippen LogP contribution in [0.3, 0.4) is 0 Å². The van der Waals surface area contributed by atoms with Crippen molar-refractivity contribution in [1.29, 1.82) is 0 Å². The normalized spacial score (nSPS) is 18.6. The SMILES string of the molecule is O=C(O)CC1CCN(C(=O)c2cnn3ccc(N4CCCC4)nc23)CC1. The van der Waals surface area contributed by atoms with Gasteiger partial charge in [-0.1, -0.05) is 0 Å². The zero-order chi connectivity index (χ0) is 18.1. The third-order valence-corrected chi connectivity index (χ3v) is 5.38. The predicted octanol–water partition coefficient (Wildman–Crippen LogP) is 1.66. The first kappa shape index (κ1) is 16.8. The van der Waals surface area contributed by atoms with Crippen molar-refractivity contribution in [3.05, 3.63) is 24.0 Å². The summed E-state index contributed by atoms with van der Waals surface area (Å²) in [6, 6.07) is 1.94. The average molecular weight is 357 g/mol. The molecule has 1 N–H and O–H groups in total. The summed E-state index contributed by atoms with van der Waals surface area (Å²) in [6.45, 7) is 3.16. The molecular formula is C18H23N5O3. The van der Waals surface area contributed by atoms with Gasteiger partial charge < -0.3 is 14.9 Å². The van der Waals surface area contributed by atoms with Crippen molar-refractivity contribution in [2.45, 2.75) is 32.1 Å². The molecule has 0 unspecified atom stereocenters. The molecule has 0 bridgehead atoms. The van der Waals surface area contributed by atoms with E-state index in [1.165, 1.54) is 12.8 Å². The monoisotopic (exact) mass is 357 g/mol. The van der Waals surface area contributed by atoms with Crippen molar-refractivity contribution in [2.24, 2.45) is 5.92 Å². The van der Waals surface area contributed by atoms with Crippen LogP contribution in [0.5, 0.6) is 0 Å². The number of rotatable bonds is 4. The number of fused-ring (bicyclic) bond motifs is 1. The number of nitrogens with zero attached hydrogens (tertiary/aromatic N) is 5. The Balaban J connectivity index is 1.51. The van der Waals surface area contributed by atoms with Gasteiger partial charge in [0.2, 0.25) is 0 Å². The molecule has 138 valence electrons. The summed E-state index contributed by atoms with van der Waals surface area (Å²) in [5, 5.41) is 13.2. The van der Waals surface area contributed by atoms with E-state index in [2.05, 4.69) is 15.0 Å². The summed E-state index contributed by atoms with van der Waals surface area (Å²) in [6.07, 6.45) is 7.41. The Morgan fingerprint density at radius 1 is 1.15 bits per heavy atom. The number of hydrogen-bond acceptors (Lipinski definition) is 5. The summed E-state index contributed by atoms with van der Waals surface area (Å²) in [4.78, 5) is 32.5. The lowest BCUT2D eigenvalue weighted by Gasteiger charge is -2.31. The van der Waals surface area contributed by atoms with E-state index < -0.39 is 5.97 Å². The van der Waals surface area contributed by atoms with Gasteiger partial charge in [-0.25, -0.2) is 9.50 Å². The lowest BCUT2D eigenvalue weighted by Crippen LogP contribution is -2.39. The highest BCUT2D eigenvalue weighted by Gasteiger charge is 2.27. The second-order valence-electron chi connectivity index (χ2n) is 7.14. The second-order valence-corrected chi connectivity index (χ2v) is 7.14. The third kappa shape index (κ3) is 3.23. The van der Waals surface area contributed by atoms with Crippen molar-refractivity contribution < 1.29 is 14.7 Å². The van der Waals surface area contributed by atoms with E-state index in [0.717, 1.165) is 31.7 Å². The second kappa shape index (κ2) is 6.93. The van der Waals surface area contributed by atoms with Crippen LogP contribution in [-0.4, -0.2) is 62.7 Å². The van der Waals surface area contributed by atoms with E-state index in [1.54, 1.807) is 15.6 Å². The number of carboxylic acids is 1. The van der Waals surface area contributed by atoms with E-state index in [9.17, 15) is 9.59 Å². The van der Waals surface area contributed by atoms with Gasteiger partial charge in [-0.2, -0.15) is 5.10 Å². The fraction of sp³-hybridized carbons (Fsp3) is 0.556. The molecule has 0 saturated carbocycles. The highest BCUT2D eigenvalue weighted by Crippen LogP contribution is 2.24.